The van der Waals surface area contributed by atoms with Crippen molar-refractivity contribution in [3.05, 3.63) is 28.7 Å². The molecule has 2 N–H and O–H groups in total. The van der Waals surface area contributed by atoms with Gasteiger partial charge in [-0.05, 0) is 63.7 Å². The van der Waals surface area contributed by atoms with Gasteiger partial charge in [0.1, 0.15) is 0 Å². The highest BCUT2D eigenvalue weighted by Gasteiger charge is 2.22. The molecule has 1 saturated heterocycles. The summed E-state index contributed by atoms with van der Waals surface area (Å²) in [7, 11) is 0. The van der Waals surface area contributed by atoms with E-state index in [1.54, 1.807) is 0 Å². The number of carbonyl (C=O) groups excluding carboxylic acids is 1. The van der Waals surface area contributed by atoms with Crippen molar-refractivity contribution in [2.24, 2.45) is 0 Å². The summed E-state index contributed by atoms with van der Waals surface area (Å²) in [5, 5.41) is 6.39. The number of amides is 1. The second-order valence-electron chi connectivity index (χ2n) is 5.59. The van der Waals surface area contributed by atoms with E-state index in [0.717, 1.165) is 42.6 Å². The normalized spacial score (nSPS) is 18.4. The van der Waals surface area contributed by atoms with Crippen LogP contribution in [0.25, 0.3) is 0 Å². The van der Waals surface area contributed by atoms with Crippen LogP contribution in [-0.2, 0) is 4.79 Å². The fourth-order valence-corrected chi connectivity index (χ4v) is 2.89. The van der Waals surface area contributed by atoms with Gasteiger partial charge in [0.05, 0.1) is 6.04 Å². The van der Waals surface area contributed by atoms with E-state index in [2.05, 4.69) is 38.4 Å². The van der Waals surface area contributed by atoms with Crippen LogP contribution >= 0.6 is 15.9 Å². The van der Waals surface area contributed by atoms with E-state index in [4.69, 9.17) is 0 Å². The van der Waals surface area contributed by atoms with Gasteiger partial charge in [0, 0.05) is 16.2 Å². The minimum absolute atomic E-state index is 0.0234. The van der Waals surface area contributed by atoms with Gasteiger partial charge in [0.15, 0.2) is 0 Å². The molecular formula is C16H24BrN3O. The van der Waals surface area contributed by atoms with Crippen molar-refractivity contribution in [1.82, 2.24) is 10.2 Å². The lowest BCUT2D eigenvalue weighted by atomic mass is 10.0. The molecule has 0 bridgehead atoms. The van der Waals surface area contributed by atoms with Crippen LogP contribution in [0.15, 0.2) is 28.7 Å². The number of halogens is 1. The summed E-state index contributed by atoms with van der Waals surface area (Å²) < 4.78 is 1.01. The summed E-state index contributed by atoms with van der Waals surface area (Å²) in [6.07, 6.45) is 2.23. The fourth-order valence-electron chi connectivity index (χ4n) is 2.63. The first-order chi connectivity index (χ1) is 10.1. The summed E-state index contributed by atoms with van der Waals surface area (Å²) >= 11 is 3.39. The van der Waals surface area contributed by atoms with Gasteiger partial charge in [0.25, 0.3) is 0 Å². The summed E-state index contributed by atoms with van der Waals surface area (Å²) in [6, 6.07) is 7.91. The lowest BCUT2D eigenvalue weighted by Crippen LogP contribution is -2.48. The molecule has 0 spiro atoms. The van der Waals surface area contributed by atoms with Gasteiger partial charge >= 0.3 is 0 Å². The summed E-state index contributed by atoms with van der Waals surface area (Å²) in [5.74, 6) is 0.0234. The number of benzene rings is 1. The van der Waals surface area contributed by atoms with Gasteiger partial charge in [0.2, 0.25) is 5.91 Å². The van der Waals surface area contributed by atoms with Crippen LogP contribution in [0.4, 0.5) is 5.69 Å². The van der Waals surface area contributed by atoms with Crippen molar-refractivity contribution in [3.8, 4) is 0 Å². The van der Waals surface area contributed by atoms with Gasteiger partial charge in [-0.2, -0.15) is 0 Å². The van der Waals surface area contributed by atoms with Gasteiger partial charge in [-0.25, -0.2) is 0 Å². The Kier molecular flexibility index (Phi) is 6.21. The van der Waals surface area contributed by atoms with Crippen molar-refractivity contribution in [1.29, 1.82) is 0 Å². The number of anilines is 1. The maximum atomic E-state index is 12.2. The molecule has 5 heteroatoms. The summed E-state index contributed by atoms with van der Waals surface area (Å²) in [5.41, 5.74) is 0.831. The van der Waals surface area contributed by atoms with Crippen LogP contribution in [0.3, 0.4) is 0 Å². The molecule has 0 unspecified atom stereocenters. The quantitative estimate of drug-likeness (QED) is 0.855. The van der Waals surface area contributed by atoms with Crippen LogP contribution < -0.4 is 10.6 Å². The third-order valence-corrected chi connectivity index (χ3v) is 4.55. The Hall–Kier alpha value is -0.910. The Balaban J connectivity index is 1.78. The topological polar surface area (TPSA) is 44.4 Å². The smallest absolute Gasteiger partial charge is 0.241 e. The van der Waals surface area contributed by atoms with Crippen LogP contribution in [-0.4, -0.2) is 42.5 Å². The Labute approximate surface area is 135 Å². The second kappa shape index (κ2) is 7.92. The third kappa shape index (κ3) is 5.09. The number of piperidine rings is 1. The van der Waals surface area contributed by atoms with Crippen molar-refractivity contribution < 1.29 is 4.79 Å². The van der Waals surface area contributed by atoms with Gasteiger partial charge in [-0.15, -0.1) is 0 Å². The number of hydrogen-bond donors (Lipinski definition) is 2. The number of likely N-dealkylation sites (tertiary alicyclic amines) is 1. The van der Waals surface area contributed by atoms with Gasteiger partial charge in [-0.3, -0.25) is 4.79 Å². The van der Waals surface area contributed by atoms with E-state index in [-0.39, 0.29) is 11.9 Å². The standard InChI is InChI=1S/C16H24BrN3O/c1-3-20-10-8-15(9-11-20)18-12(2)16(21)19-14-6-4-13(17)5-7-14/h4-7,12,15,18H,3,8-11H2,1-2H3,(H,19,21)/t12-/m0/s1. The number of carbonyl (C=O) groups is 1. The summed E-state index contributed by atoms with van der Waals surface area (Å²) in [6.45, 7) is 7.49. The van der Waals surface area contributed by atoms with Crippen molar-refractivity contribution in [2.75, 3.05) is 25.0 Å². The molecule has 116 valence electrons. The molecule has 4 nitrogen and oxygen atoms in total. The maximum absolute atomic E-state index is 12.2. The van der Waals surface area contributed by atoms with E-state index >= 15 is 0 Å². The molecule has 1 aromatic carbocycles. The van der Waals surface area contributed by atoms with E-state index in [1.807, 2.05) is 31.2 Å². The lowest BCUT2D eigenvalue weighted by molar-refractivity contribution is -0.118. The van der Waals surface area contributed by atoms with Gasteiger partial charge < -0.3 is 15.5 Å². The van der Waals surface area contributed by atoms with E-state index < -0.39 is 0 Å². The second-order valence-corrected chi connectivity index (χ2v) is 6.51. The Bertz CT molecular complexity index is 455. The number of nitrogens with zero attached hydrogens (tertiary/aromatic N) is 1. The Morgan fingerprint density at radius 2 is 1.95 bits per heavy atom. The van der Waals surface area contributed by atoms with E-state index in [1.165, 1.54) is 0 Å². The first kappa shape index (κ1) is 16.5. The monoisotopic (exact) mass is 353 g/mol. The zero-order chi connectivity index (χ0) is 15.2. The fraction of sp³-hybridized carbons (Fsp3) is 0.562. The SMILES string of the molecule is CCN1CCC(N[C@@H](C)C(=O)Nc2ccc(Br)cc2)CC1. The zero-order valence-corrected chi connectivity index (χ0v) is 14.3. The molecular weight excluding hydrogens is 330 g/mol. The van der Waals surface area contributed by atoms with Crippen molar-refractivity contribution >= 4 is 27.5 Å². The van der Waals surface area contributed by atoms with Gasteiger partial charge in [-0.1, -0.05) is 22.9 Å². The minimum Gasteiger partial charge on any atom is -0.325 e. The third-order valence-electron chi connectivity index (χ3n) is 4.03. The highest BCUT2D eigenvalue weighted by atomic mass is 79.9. The number of rotatable bonds is 5. The van der Waals surface area contributed by atoms with Crippen LogP contribution in [0.2, 0.25) is 0 Å². The zero-order valence-electron chi connectivity index (χ0n) is 12.7. The molecule has 21 heavy (non-hydrogen) atoms. The first-order valence-corrected chi connectivity index (χ1v) is 8.42. The first-order valence-electron chi connectivity index (χ1n) is 7.63. The summed E-state index contributed by atoms with van der Waals surface area (Å²) in [4.78, 5) is 14.6. The van der Waals surface area contributed by atoms with Crippen LogP contribution in [0.5, 0.6) is 0 Å². The molecule has 1 atom stereocenters. The highest BCUT2D eigenvalue weighted by molar-refractivity contribution is 9.10. The Morgan fingerprint density at radius 3 is 2.52 bits per heavy atom. The molecule has 1 amide bonds. The van der Waals surface area contributed by atoms with E-state index in [0.29, 0.717) is 6.04 Å². The van der Waals surface area contributed by atoms with Crippen LogP contribution in [0, 0.1) is 0 Å². The molecule has 1 heterocycles. The van der Waals surface area contributed by atoms with E-state index in [9.17, 15) is 4.79 Å². The van der Waals surface area contributed by atoms with Crippen LogP contribution in [0.1, 0.15) is 26.7 Å². The maximum Gasteiger partial charge on any atom is 0.241 e. The molecule has 1 fully saturated rings. The minimum atomic E-state index is -0.174. The molecule has 0 aromatic heterocycles. The lowest BCUT2D eigenvalue weighted by Gasteiger charge is -2.32. The molecule has 1 aliphatic rings. The molecule has 0 saturated carbocycles. The predicted octanol–water partition coefficient (Wildman–Crippen LogP) is 2.85. The molecule has 1 aromatic rings. The Morgan fingerprint density at radius 1 is 1.33 bits per heavy atom. The molecule has 1 aliphatic heterocycles. The number of hydrogen-bond acceptors (Lipinski definition) is 3. The predicted molar refractivity (Wildman–Crippen MR) is 90.5 cm³/mol. The molecule has 2 rings (SSSR count). The van der Waals surface area contributed by atoms with Crippen molar-refractivity contribution in [3.63, 3.8) is 0 Å². The average Bonchev–Trinajstić information content (AvgIpc) is 2.50. The number of nitrogens with one attached hydrogen (secondary N) is 2. The molecule has 0 aliphatic carbocycles. The highest BCUT2D eigenvalue weighted by Crippen LogP contribution is 2.15. The van der Waals surface area contributed by atoms with Crippen molar-refractivity contribution in [2.45, 2.75) is 38.8 Å². The molecule has 0 radical (unpaired) electrons. The average molecular weight is 354 g/mol. The largest absolute Gasteiger partial charge is 0.325 e.